The number of halogens is 1. The minimum Gasteiger partial charge on any atom is -0.493 e. The predicted molar refractivity (Wildman–Crippen MR) is 61.9 cm³/mol. The summed E-state index contributed by atoms with van der Waals surface area (Å²) in [6.07, 6.45) is 1.36. The number of ether oxygens (including phenoxy) is 1. The van der Waals surface area contributed by atoms with Crippen molar-refractivity contribution in [3.63, 3.8) is 0 Å². The van der Waals surface area contributed by atoms with Gasteiger partial charge in [0, 0.05) is 11.4 Å². The van der Waals surface area contributed by atoms with Gasteiger partial charge in [-0.3, -0.25) is 4.79 Å². The van der Waals surface area contributed by atoms with Gasteiger partial charge < -0.3 is 4.74 Å². The lowest BCUT2D eigenvalue weighted by atomic mass is 10.1. The van der Waals surface area contributed by atoms with Crippen LogP contribution in [0.3, 0.4) is 0 Å². The molecule has 0 fully saturated rings. The largest absolute Gasteiger partial charge is 0.493 e. The minimum atomic E-state index is 0.0865. The first kappa shape index (κ1) is 12.1. The van der Waals surface area contributed by atoms with Crippen molar-refractivity contribution < 1.29 is 9.53 Å². The maximum absolute atomic E-state index is 11.8. The molecule has 0 N–H and O–H groups in total. The Morgan fingerprint density at radius 1 is 1.40 bits per heavy atom. The molecule has 0 unspecified atom stereocenters. The van der Waals surface area contributed by atoms with Gasteiger partial charge in [0.15, 0.2) is 5.78 Å². The summed E-state index contributed by atoms with van der Waals surface area (Å²) < 4.78 is 5.38. The maximum Gasteiger partial charge on any atom is 0.166 e. The molecule has 3 heteroatoms. The SMILES string of the molecule is CCCC(=O)c1cc(Cl)ccc1OCC. The molecule has 0 amide bonds. The van der Waals surface area contributed by atoms with Gasteiger partial charge in [-0.05, 0) is 31.5 Å². The van der Waals surface area contributed by atoms with Crippen LogP contribution >= 0.6 is 11.6 Å². The van der Waals surface area contributed by atoms with Crippen LogP contribution in [0.2, 0.25) is 5.02 Å². The second kappa shape index (κ2) is 5.76. The lowest BCUT2D eigenvalue weighted by Crippen LogP contribution is -2.03. The molecule has 0 radical (unpaired) electrons. The van der Waals surface area contributed by atoms with Crippen LogP contribution in [-0.4, -0.2) is 12.4 Å². The van der Waals surface area contributed by atoms with Crippen molar-refractivity contribution in [2.75, 3.05) is 6.61 Å². The molecule has 0 heterocycles. The van der Waals surface area contributed by atoms with Crippen molar-refractivity contribution in [1.29, 1.82) is 0 Å². The highest BCUT2D eigenvalue weighted by atomic mass is 35.5. The Bertz CT molecular complexity index is 347. The zero-order valence-corrected chi connectivity index (χ0v) is 9.80. The van der Waals surface area contributed by atoms with Crippen LogP contribution in [0.15, 0.2) is 18.2 Å². The number of hydrogen-bond donors (Lipinski definition) is 0. The van der Waals surface area contributed by atoms with E-state index in [-0.39, 0.29) is 5.78 Å². The average molecular weight is 227 g/mol. The Kier molecular flexibility index (Phi) is 4.63. The van der Waals surface area contributed by atoms with Crippen LogP contribution in [0.4, 0.5) is 0 Å². The Morgan fingerprint density at radius 3 is 2.73 bits per heavy atom. The van der Waals surface area contributed by atoms with E-state index in [2.05, 4.69) is 0 Å². The molecule has 1 aromatic carbocycles. The van der Waals surface area contributed by atoms with Crippen LogP contribution < -0.4 is 4.74 Å². The number of carbonyl (C=O) groups is 1. The highest BCUT2D eigenvalue weighted by molar-refractivity contribution is 6.31. The number of ketones is 1. The van der Waals surface area contributed by atoms with Gasteiger partial charge in [0.2, 0.25) is 0 Å². The van der Waals surface area contributed by atoms with Gasteiger partial charge in [-0.1, -0.05) is 18.5 Å². The van der Waals surface area contributed by atoms with E-state index >= 15 is 0 Å². The summed E-state index contributed by atoms with van der Waals surface area (Å²) >= 11 is 5.85. The maximum atomic E-state index is 11.8. The molecule has 15 heavy (non-hydrogen) atoms. The highest BCUT2D eigenvalue weighted by Gasteiger charge is 2.11. The van der Waals surface area contributed by atoms with Gasteiger partial charge >= 0.3 is 0 Å². The van der Waals surface area contributed by atoms with Crippen molar-refractivity contribution in [3.8, 4) is 5.75 Å². The lowest BCUT2D eigenvalue weighted by Gasteiger charge is -2.09. The second-order valence-corrected chi connectivity index (χ2v) is 3.68. The first-order valence-electron chi connectivity index (χ1n) is 5.14. The molecule has 1 rings (SSSR count). The summed E-state index contributed by atoms with van der Waals surface area (Å²) in [6.45, 7) is 4.42. The van der Waals surface area contributed by atoms with E-state index in [0.717, 1.165) is 6.42 Å². The van der Waals surface area contributed by atoms with Crippen LogP contribution in [0.1, 0.15) is 37.0 Å². The summed E-state index contributed by atoms with van der Waals surface area (Å²) in [7, 11) is 0. The van der Waals surface area contributed by atoms with Gasteiger partial charge in [-0.25, -0.2) is 0 Å². The van der Waals surface area contributed by atoms with Gasteiger partial charge in [-0.2, -0.15) is 0 Å². The summed E-state index contributed by atoms with van der Waals surface area (Å²) in [5.74, 6) is 0.712. The second-order valence-electron chi connectivity index (χ2n) is 3.25. The van der Waals surface area contributed by atoms with Gasteiger partial charge in [0.25, 0.3) is 0 Å². The monoisotopic (exact) mass is 226 g/mol. The smallest absolute Gasteiger partial charge is 0.166 e. The first-order valence-corrected chi connectivity index (χ1v) is 5.52. The van der Waals surface area contributed by atoms with Gasteiger partial charge in [0.1, 0.15) is 5.75 Å². The molecule has 0 aliphatic carbocycles. The third kappa shape index (κ3) is 3.24. The van der Waals surface area contributed by atoms with Crippen molar-refractivity contribution in [2.45, 2.75) is 26.7 Å². The standard InChI is InChI=1S/C12H15ClO2/c1-3-5-11(14)10-8-9(13)6-7-12(10)15-4-2/h6-8H,3-5H2,1-2H3. The Balaban J connectivity index is 3.00. The summed E-state index contributed by atoms with van der Waals surface area (Å²) in [6, 6.07) is 5.15. The van der Waals surface area contributed by atoms with Gasteiger partial charge in [-0.15, -0.1) is 0 Å². The molecule has 0 saturated heterocycles. The van der Waals surface area contributed by atoms with E-state index in [4.69, 9.17) is 16.3 Å². The third-order valence-electron chi connectivity index (χ3n) is 2.02. The predicted octanol–water partition coefficient (Wildman–Crippen LogP) is 3.72. The normalized spacial score (nSPS) is 10.1. The van der Waals surface area contributed by atoms with Crippen molar-refractivity contribution in [1.82, 2.24) is 0 Å². The number of benzene rings is 1. The first-order chi connectivity index (χ1) is 7.19. The van der Waals surface area contributed by atoms with Crippen molar-refractivity contribution >= 4 is 17.4 Å². The van der Waals surface area contributed by atoms with E-state index in [9.17, 15) is 4.79 Å². The quantitative estimate of drug-likeness (QED) is 0.716. The molecule has 0 aliphatic heterocycles. The van der Waals surface area contributed by atoms with E-state index in [0.29, 0.717) is 29.4 Å². The molecule has 0 aromatic heterocycles. The topological polar surface area (TPSA) is 26.3 Å². The molecule has 0 aliphatic rings. The van der Waals surface area contributed by atoms with E-state index in [1.165, 1.54) is 0 Å². The fourth-order valence-corrected chi connectivity index (χ4v) is 1.54. The molecule has 0 atom stereocenters. The van der Waals surface area contributed by atoms with Crippen molar-refractivity contribution in [3.05, 3.63) is 28.8 Å². The number of carbonyl (C=O) groups excluding carboxylic acids is 1. The molecule has 0 saturated carbocycles. The molecular weight excluding hydrogens is 212 g/mol. The molecule has 82 valence electrons. The lowest BCUT2D eigenvalue weighted by molar-refractivity contribution is 0.0978. The molecule has 1 aromatic rings. The number of Topliss-reactive ketones (excluding diaryl/α,β-unsaturated/α-hetero) is 1. The molecular formula is C12H15ClO2. The van der Waals surface area contributed by atoms with E-state index in [1.54, 1.807) is 18.2 Å². The summed E-state index contributed by atoms with van der Waals surface area (Å²) in [4.78, 5) is 11.8. The molecule has 0 bridgehead atoms. The molecule has 2 nitrogen and oxygen atoms in total. The van der Waals surface area contributed by atoms with E-state index in [1.807, 2.05) is 13.8 Å². The fraction of sp³-hybridized carbons (Fsp3) is 0.417. The van der Waals surface area contributed by atoms with Gasteiger partial charge in [0.05, 0.1) is 12.2 Å². The van der Waals surface area contributed by atoms with Crippen LogP contribution in [0.25, 0.3) is 0 Å². The van der Waals surface area contributed by atoms with Crippen LogP contribution in [-0.2, 0) is 0 Å². The zero-order chi connectivity index (χ0) is 11.3. The van der Waals surface area contributed by atoms with E-state index < -0.39 is 0 Å². The van der Waals surface area contributed by atoms with Crippen molar-refractivity contribution in [2.24, 2.45) is 0 Å². The zero-order valence-electron chi connectivity index (χ0n) is 9.05. The number of rotatable bonds is 5. The Hall–Kier alpha value is -1.02. The summed E-state index contributed by atoms with van der Waals surface area (Å²) in [5.41, 5.74) is 0.589. The van der Waals surface area contributed by atoms with Crippen LogP contribution in [0, 0.1) is 0 Å². The third-order valence-corrected chi connectivity index (χ3v) is 2.25. The average Bonchev–Trinajstić information content (AvgIpc) is 2.21. The number of hydrogen-bond acceptors (Lipinski definition) is 2. The highest BCUT2D eigenvalue weighted by Crippen LogP contribution is 2.24. The minimum absolute atomic E-state index is 0.0865. The van der Waals surface area contributed by atoms with Crippen LogP contribution in [0.5, 0.6) is 5.75 Å². The summed E-state index contributed by atoms with van der Waals surface area (Å²) in [5, 5.41) is 0.568. The Morgan fingerprint density at radius 2 is 2.13 bits per heavy atom. The fourth-order valence-electron chi connectivity index (χ4n) is 1.36. The Labute approximate surface area is 95.2 Å². The molecule has 0 spiro atoms.